The van der Waals surface area contributed by atoms with Gasteiger partial charge in [-0.1, -0.05) is 12.1 Å². The quantitative estimate of drug-likeness (QED) is 0.735. The number of methoxy groups -OCH3 is 1. The molecule has 1 N–H and O–H groups in total. The number of aromatic amines is 1. The number of H-pyrrole nitrogens is 1. The second kappa shape index (κ2) is 4.39. The third-order valence-electron chi connectivity index (χ3n) is 3.07. The third-order valence-corrected chi connectivity index (χ3v) is 3.07. The monoisotopic (exact) mass is 259 g/mol. The molecule has 4 heteroatoms. The molecule has 0 bridgehead atoms. The zero-order valence-electron chi connectivity index (χ0n) is 10.2. The molecular weight excluding hydrogens is 248 g/mol. The molecule has 2 aromatic carbocycles. The minimum absolute atomic E-state index is 0.595. The highest BCUT2D eigenvalue weighted by Crippen LogP contribution is 2.30. The van der Waals surface area contributed by atoms with Crippen molar-refractivity contribution in [3.63, 3.8) is 0 Å². The van der Waals surface area contributed by atoms with Crippen LogP contribution in [0.15, 0.2) is 42.5 Å². The molecule has 0 atom stereocenters. The Labute approximate surface area is 108 Å². The van der Waals surface area contributed by atoms with Gasteiger partial charge in [0.2, 0.25) is 0 Å². The first-order valence-electron chi connectivity index (χ1n) is 5.80. The molecule has 2 nitrogen and oxygen atoms in total. The second-order valence-corrected chi connectivity index (χ2v) is 4.24. The molecule has 0 saturated carbocycles. The predicted octanol–water partition coefficient (Wildman–Crippen LogP) is 4.12. The number of ether oxygens (including phenoxy) is 1. The number of halogens is 2. The molecule has 0 radical (unpaired) electrons. The molecule has 1 aromatic heterocycles. The smallest absolute Gasteiger partial charge is 0.159 e. The van der Waals surface area contributed by atoms with Crippen LogP contribution in [0.5, 0.6) is 5.75 Å². The lowest BCUT2D eigenvalue weighted by atomic mass is 10.1. The summed E-state index contributed by atoms with van der Waals surface area (Å²) in [5, 5.41) is 0.957. The lowest BCUT2D eigenvalue weighted by Gasteiger charge is -2.01. The number of hydrogen-bond donors (Lipinski definition) is 1. The SMILES string of the molecule is COc1cccc2cc(-c3ccc(F)c(F)c3)[nH]c12. The molecule has 0 aliphatic heterocycles. The molecule has 19 heavy (non-hydrogen) atoms. The van der Waals surface area contributed by atoms with E-state index in [1.54, 1.807) is 7.11 Å². The van der Waals surface area contributed by atoms with Gasteiger partial charge in [0.25, 0.3) is 0 Å². The van der Waals surface area contributed by atoms with Gasteiger partial charge in [0.15, 0.2) is 11.6 Å². The van der Waals surface area contributed by atoms with E-state index >= 15 is 0 Å². The molecule has 96 valence electrons. The van der Waals surface area contributed by atoms with Gasteiger partial charge in [-0.2, -0.15) is 0 Å². The summed E-state index contributed by atoms with van der Waals surface area (Å²) in [5.74, 6) is -0.994. The van der Waals surface area contributed by atoms with Gasteiger partial charge in [0.1, 0.15) is 5.75 Å². The first-order valence-corrected chi connectivity index (χ1v) is 5.80. The van der Waals surface area contributed by atoms with E-state index in [0.29, 0.717) is 11.3 Å². The van der Waals surface area contributed by atoms with Crippen molar-refractivity contribution in [2.45, 2.75) is 0 Å². The van der Waals surface area contributed by atoms with Gasteiger partial charge in [-0.15, -0.1) is 0 Å². The maximum absolute atomic E-state index is 13.3. The normalized spacial score (nSPS) is 10.9. The lowest BCUT2D eigenvalue weighted by molar-refractivity contribution is 0.419. The number of rotatable bonds is 2. The van der Waals surface area contributed by atoms with E-state index in [2.05, 4.69) is 4.98 Å². The highest BCUT2D eigenvalue weighted by molar-refractivity contribution is 5.90. The van der Waals surface area contributed by atoms with E-state index in [1.807, 2.05) is 24.3 Å². The Morgan fingerprint density at radius 2 is 1.84 bits per heavy atom. The molecule has 3 aromatic rings. The minimum Gasteiger partial charge on any atom is -0.495 e. The molecule has 0 fully saturated rings. The molecular formula is C15H11F2NO. The maximum Gasteiger partial charge on any atom is 0.159 e. The first-order chi connectivity index (χ1) is 9.19. The molecule has 0 spiro atoms. The van der Waals surface area contributed by atoms with Crippen LogP contribution in [0.2, 0.25) is 0 Å². The Bertz CT molecular complexity index is 749. The average Bonchev–Trinajstić information content (AvgIpc) is 2.85. The van der Waals surface area contributed by atoms with Crippen LogP contribution < -0.4 is 4.74 Å². The molecule has 1 heterocycles. The minimum atomic E-state index is -0.858. The van der Waals surface area contributed by atoms with Gasteiger partial charge in [-0.25, -0.2) is 8.78 Å². The predicted molar refractivity (Wildman–Crippen MR) is 70.2 cm³/mol. The van der Waals surface area contributed by atoms with Crippen molar-refractivity contribution in [1.82, 2.24) is 4.98 Å². The van der Waals surface area contributed by atoms with Gasteiger partial charge >= 0.3 is 0 Å². The molecule has 0 aliphatic rings. The van der Waals surface area contributed by atoms with Crippen molar-refractivity contribution in [3.05, 3.63) is 54.1 Å². The van der Waals surface area contributed by atoms with Crippen LogP contribution >= 0.6 is 0 Å². The Balaban J connectivity index is 2.17. The zero-order chi connectivity index (χ0) is 13.4. The van der Waals surface area contributed by atoms with Crippen LogP contribution in [0.1, 0.15) is 0 Å². The summed E-state index contributed by atoms with van der Waals surface area (Å²) in [6.07, 6.45) is 0. The third kappa shape index (κ3) is 1.95. The van der Waals surface area contributed by atoms with Crippen molar-refractivity contribution in [2.75, 3.05) is 7.11 Å². The number of benzene rings is 2. The van der Waals surface area contributed by atoms with Crippen molar-refractivity contribution >= 4 is 10.9 Å². The number of nitrogens with one attached hydrogen (secondary N) is 1. The second-order valence-electron chi connectivity index (χ2n) is 4.24. The lowest BCUT2D eigenvalue weighted by Crippen LogP contribution is -1.86. The van der Waals surface area contributed by atoms with E-state index in [1.165, 1.54) is 12.1 Å². The average molecular weight is 259 g/mol. The Morgan fingerprint density at radius 1 is 1.00 bits per heavy atom. The maximum atomic E-state index is 13.3. The van der Waals surface area contributed by atoms with Crippen molar-refractivity contribution < 1.29 is 13.5 Å². The van der Waals surface area contributed by atoms with Gasteiger partial charge in [0.05, 0.1) is 12.6 Å². The molecule has 0 aliphatic carbocycles. The summed E-state index contributed by atoms with van der Waals surface area (Å²) < 4.78 is 31.4. The van der Waals surface area contributed by atoms with Crippen LogP contribution in [0.25, 0.3) is 22.2 Å². The molecule has 3 rings (SSSR count). The number of hydrogen-bond acceptors (Lipinski definition) is 1. The highest BCUT2D eigenvalue weighted by Gasteiger charge is 2.09. The number of fused-ring (bicyclic) bond motifs is 1. The van der Waals surface area contributed by atoms with E-state index in [4.69, 9.17) is 4.74 Å². The summed E-state index contributed by atoms with van der Waals surface area (Å²) in [5.41, 5.74) is 2.15. The number of para-hydroxylation sites is 1. The topological polar surface area (TPSA) is 25.0 Å². The number of aromatic nitrogens is 1. The van der Waals surface area contributed by atoms with E-state index in [-0.39, 0.29) is 0 Å². The molecule has 0 saturated heterocycles. The first kappa shape index (κ1) is 11.7. The molecule has 0 amide bonds. The summed E-state index contributed by atoms with van der Waals surface area (Å²) in [6.45, 7) is 0. The van der Waals surface area contributed by atoms with E-state index < -0.39 is 11.6 Å². The summed E-state index contributed by atoms with van der Waals surface area (Å²) >= 11 is 0. The summed E-state index contributed by atoms with van der Waals surface area (Å²) in [4.78, 5) is 3.16. The summed E-state index contributed by atoms with van der Waals surface area (Å²) in [6, 6.07) is 11.4. The van der Waals surface area contributed by atoms with Crippen molar-refractivity contribution in [2.24, 2.45) is 0 Å². The van der Waals surface area contributed by atoms with Gasteiger partial charge in [-0.05, 0) is 30.3 Å². The highest BCUT2D eigenvalue weighted by atomic mass is 19.2. The van der Waals surface area contributed by atoms with Crippen molar-refractivity contribution in [3.8, 4) is 17.0 Å². The fourth-order valence-electron chi connectivity index (χ4n) is 2.12. The fourth-order valence-corrected chi connectivity index (χ4v) is 2.12. The van der Waals surface area contributed by atoms with Gasteiger partial charge < -0.3 is 9.72 Å². The standard InChI is InChI=1S/C15H11F2NO/c1-19-14-4-2-3-10-8-13(18-15(10)14)9-5-6-11(16)12(17)7-9/h2-8,18H,1H3. The fraction of sp³-hybridized carbons (Fsp3) is 0.0667. The van der Waals surface area contributed by atoms with Crippen LogP contribution in [0, 0.1) is 11.6 Å². The van der Waals surface area contributed by atoms with Gasteiger partial charge in [-0.3, -0.25) is 0 Å². The van der Waals surface area contributed by atoms with Crippen LogP contribution in [0.4, 0.5) is 8.78 Å². The Morgan fingerprint density at radius 3 is 2.58 bits per heavy atom. The van der Waals surface area contributed by atoms with E-state index in [0.717, 1.165) is 22.7 Å². The molecule has 0 unspecified atom stereocenters. The Kier molecular flexibility index (Phi) is 2.71. The van der Waals surface area contributed by atoms with Gasteiger partial charge in [0, 0.05) is 16.6 Å². The van der Waals surface area contributed by atoms with Crippen LogP contribution in [-0.4, -0.2) is 12.1 Å². The van der Waals surface area contributed by atoms with Crippen LogP contribution in [-0.2, 0) is 0 Å². The van der Waals surface area contributed by atoms with Crippen molar-refractivity contribution in [1.29, 1.82) is 0 Å². The van der Waals surface area contributed by atoms with E-state index in [9.17, 15) is 8.78 Å². The summed E-state index contributed by atoms with van der Waals surface area (Å²) in [7, 11) is 1.59. The zero-order valence-corrected chi connectivity index (χ0v) is 10.2. The Hall–Kier alpha value is -2.36. The van der Waals surface area contributed by atoms with Crippen LogP contribution in [0.3, 0.4) is 0 Å². The largest absolute Gasteiger partial charge is 0.495 e.